The van der Waals surface area contributed by atoms with E-state index < -0.39 is 0 Å². The highest BCUT2D eigenvalue weighted by Crippen LogP contribution is 2.37. The number of fused-ring (bicyclic) bond motifs is 1. The summed E-state index contributed by atoms with van der Waals surface area (Å²) >= 11 is 7.72. The van der Waals surface area contributed by atoms with Crippen molar-refractivity contribution in [2.75, 3.05) is 19.0 Å². The van der Waals surface area contributed by atoms with E-state index in [4.69, 9.17) is 21.1 Å². The molecule has 1 amide bonds. The molecule has 0 spiro atoms. The molecular weight excluding hydrogens is 384 g/mol. The van der Waals surface area contributed by atoms with Crippen molar-refractivity contribution in [1.82, 2.24) is 4.98 Å². The molecule has 2 aromatic carbocycles. The van der Waals surface area contributed by atoms with Crippen LogP contribution in [0.4, 0.5) is 5.13 Å². The van der Waals surface area contributed by atoms with E-state index in [1.807, 2.05) is 31.2 Å². The first-order valence-electron chi connectivity index (χ1n) is 8.45. The first-order valence-corrected chi connectivity index (χ1v) is 9.65. The highest BCUT2D eigenvalue weighted by Gasteiger charge is 2.11. The number of hydrogen-bond acceptors (Lipinski definition) is 5. The van der Waals surface area contributed by atoms with Crippen molar-refractivity contribution in [2.24, 2.45) is 0 Å². The summed E-state index contributed by atoms with van der Waals surface area (Å²) in [6.45, 7) is 2.57. The van der Waals surface area contributed by atoms with E-state index >= 15 is 0 Å². The molecule has 5 nitrogen and oxygen atoms in total. The number of carbonyl (C=O) groups is 1. The molecule has 7 heteroatoms. The predicted molar refractivity (Wildman–Crippen MR) is 111 cm³/mol. The SMILES string of the molecule is CCCOc1c(Cl)cc(/C=C/C(=O)Nc2nc3ccccc3s2)cc1OC. The van der Waals surface area contributed by atoms with Crippen LogP contribution in [0, 0.1) is 0 Å². The number of hydrogen-bond donors (Lipinski definition) is 1. The highest BCUT2D eigenvalue weighted by molar-refractivity contribution is 7.22. The Balaban J connectivity index is 1.72. The van der Waals surface area contributed by atoms with E-state index in [0.29, 0.717) is 28.3 Å². The number of ether oxygens (including phenoxy) is 2. The quantitative estimate of drug-likeness (QED) is 0.537. The maximum absolute atomic E-state index is 12.2. The van der Waals surface area contributed by atoms with Crippen LogP contribution in [-0.4, -0.2) is 24.6 Å². The normalized spacial score (nSPS) is 11.1. The number of benzene rings is 2. The molecule has 1 N–H and O–H groups in total. The lowest BCUT2D eigenvalue weighted by molar-refractivity contribution is -0.111. The summed E-state index contributed by atoms with van der Waals surface area (Å²) in [7, 11) is 1.55. The predicted octanol–water partition coefficient (Wildman–Crippen LogP) is 5.40. The molecule has 3 aromatic rings. The van der Waals surface area contributed by atoms with Gasteiger partial charge in [-0.15, -0.1) is 0 Å². The smallest absolute Gasteiger partial charge is 0.250 e. The van der Waals surface area contributed by atoms with Gasteiger partial charge in [0, 0.05) is 6.08 Å². The van der Waals surface area contributed by atoms with Crippen LogP contribution in [0.25, 0.3) is 16.3 Å². The molecule has 0 radical (unpaired) electrons. The molecule has 27 heavy (non-hydrogen) atoms. The Morgan fingerprint density at radius 2 is 2.15 bits per heavy atom. The number of amides is 1. The molecule has 0 aliphatic heterocycles. The average Bonchev–Trinajstić information content (AvgIpc) is 3.07. The average molecular weight is 403 g/mol. The number of methoxy groups -OCH3 is 1. The third-order valence-corrected chi connectivity index (χ3v) is 4.89. The maximum atomic E-state index is 12.2. The first kappa shape index (κ1) is 19.2. The van der Waals surface area contributed by atoms with Gasteiger partial charge in [0.15, 0.2) is 16.6 Å². The van der Waals surface area contributed by atoms with Crippen LogP contribution in [0.1, 0.15) is 18.9 Å². The number of rotatable bonds is 7. The monoisotopic (exact) mass is 402 g/mol. The van der Waals surface area contributed by atoms with Gasteiger partial charge in [0.25, 0.3) is 0 Å². The zero-order valence-corrected chi connectivity index (χ0v) is 16.6. The van der Waals surface area contributed by atoms with E-state index in [2.05, 4.69) is 10.3 Å². The van der Waals surface area contributed by atoms with E-state index in [1.165, 1.54) is 17.4 Å². The lowest BCUT2D eigenvalue weighted by atomic mass is 10.2. The number of aromatic nitrogens is 1. The second-order valence-electron chi connectivity index (χ2n) is 5.69. The molecule has 0 atom stereocenters. The zero-order chi connectivity index (χ0) is 19.2. The van der Waals surface area contributed by atoms with Gasteiger partial charge in [-0.25, -0.2) is 4.98 Å². The van der Waals surface area contributed by atoms with Crippen molar-refractivity contribution in [2.45, 2.75) is 13.3 Å². The number of carbonyl (C=O) groups excluding carboxylic acids is 1. The molecule has 3 rings (SSSR count). The van der Waals surface area contributed by atoms with E-state index in [1.54, 1.807) is 25.3 Å². The Hall–Kier alpha value is -2.57. The minimum atomic E-state index is -0.268. The summed E-state index contributed by atoms with van der Waals surface area (Å²) in [5, 5.41) is 3.78. The Bertz CT molecular complexity index is 952. The van der Waals surface area contributed by atoms with Crippen molar-refractivity contribution in [3.8, 4) is 11.5 Å². The first-order chi connectivity index (χ1) is 13.1. The van der Waals surface area contributed by atoms with Gasteiger partial charge in [-0.1, -0.05) is 42.0 Å². The summed E-state index contributed by atoms with van der Waals surface area (Å²) in [6.07, 6.45) is 3.97. The minimum absolute atomic E-state index is 0.268. The number of halogens is 1. The fourth-order valence-electron chi connectivity index (χ4n) is 2.42. The summed E-state index contributed by atoms with van der Waals surface area (Å²) in [5.41, 5.74) is 1.60. The highest BCUT2D eigenvalue weighted by atomic mass is 35.5. The fourth-order valence-corrected chi connectivity index (χ4v) is 3.57. The lowest BCUT2D eigenvalue weighted by Gasteiger charge is -2.12. The number of para-hydroxylation sites is 1. The van der Waals surface area contributed by atoms with Crippen molar-refractivity contribution in [1.29, 1.82) is 0 Å². The number of thiazole rings is 1. The summed E-state index contributed by atoms with van der Waals surface area (Å²) in [4.78, 5) is 16.6. The van der Waals surface area contributed by atoms with Crippen LogP contribution in [0.5, 0.6) is 11.5 Å². The lowest BCUT2D eigenvalue weighted by Crippen LogP contribution is -2.07. The molecular formula is C20H19ClN2O3S. The molecule has 1 heterocycles. The van der Waals surface area contributed by atoms with Crippen LogP contribution in [0.15, 0.2) is 42.5 Å². The van der Waals surface area contributed by atoms with Gasteiger partial charge in [0.1, 0.15) is 0 Å². The maximum Gasteiger partial charge on any atom is 0.250 e. The Labute approximate surface area is 166 Å². The summed E-state index contributed by atoms with van der Waals surface area (Å²) in [6, 6.07) is 11.2. The topological polar surface area (TPSA) is 60.5 Å². The second-order valence-corrected chi connectivity index (χ2v) is 7.13. The molecule has 140 valence electrons. The molecule has 0 aliphatic rings. The largest absolute Gasteiger partial charge is 0.493 e. The van der Waals surface area contributed by atoms with E-state index in [-0.39, 0.29) is 5.91 Å². The van der Waals surface area contributed by atoms with Crippen LogP contribution in [0.2, 0.25) is 5.02 Å². The number of anilines is 1. The molecule has 0 bridgehead atoms. The van der Waals surface area contributed by atoms with Gasteiger partial charge in [0.05, 0.1) is 29.0 Å². The van der Waals surface area contributed by atoms with E-state index in [0.717, 1.165) is 22.2 Å². The fraction of sp³-hybridized carbons (Fsp3) is 0.200. The van der Waals surface area contributed by atoms with Gasteiger partial charge >= 0.3 is 0 Å². The molecule has 0 saturated carbocycles. The van der Waals surface area contributed by atoms with Gasteiger partial charge in [-0.3, -0.25) is 10.1 Å². The number of nitrogens with one attached hydrogen (secondary N) is 1. The van der Waals surface area contributed by atoms with Crippen molar-refractivity contribution >= 4 is 50.3 Å². The van der Waals surface area contributed by atoms with Gasteiger partial charge in [-0.05, 0) is 42.3 Å². The van der Waals surface area contributed by atoms with Gasteiger partial charge in [0.2, 0.25) is 5.91 Å². The van der Waals surface area contributed by atoms with E-state index in [9.17, 15) is 4.79 Å². The molecule has 0 unspecified atom stereocenters. The third-order valence-electron chi connectivity index (χ3n) is 3.65. The van der Waals surface area contributed by atoms with Crippen LogP contribution in [-0.2, 0) is 4.79 Å². The summed E-state index contributed by atoms with van der Waals surface area (Å²) < 4.78 is 12.0. The van der Waals surface area contributed by atoms with Crippen molar-refractivity contribution in [3.05, 3.63) is 53.1 Å². The van der Waals surface area contributed by atoms with Gasteiger partial charge < -0.3 is 9.47 Å². The van der Waals surface area contributed by atoms with Crippen LogP contribution in [0.3, 0.4) is 0 Å². The standard InChI is InChI=1S/C20H19ClN2O3S/c1-3-10-26-19-14(21)11-13(12-16(19)25-2)8-9-18(24)23-20-22-15-6-4-5-7-17(15)27-20/h4-9,11-12H,3,10H2,1-2H3,(H,22,23,24)/b9-8+. The third kappa shape index (κ3) is 4.78. The number of nitrogens with zero attached hydrogens (tertiary/aromatic N) is 1. The van der Waals surface area contributed by atoms with Crippen LogP contribution < -0.4 is 14.8 Å². The molecule has 1 aromatic heterocycles. The van der Waals surface area contributed by atoms with Crippen molar-refractivity contribution in [3.63, 3.8) is 0 Å². The second kappa shape index (κ2) is 8.88. The molecule has 0 fully saturated rings. The summed E-state index contributed by atoms with van der Waals surface area (Å²) in [5.74, 6) is 0.773. The zero-order valence-electron chi connectivity index (χ0n) is 15.0. The Kier molecular flexibility index (Phi) is 6.32. The Morgan fingerprint density at radius 1 is 1.33 bits per heavy atom. The molecule has 0 saturated heterocycles. The Morgan fingerprint density at radius 3 is 2.89 bits per heavy atom. The van der Waals surface area contributed by atoms with Crippen molar-refractivity contribution < 1.29 is 14.3 Å². The minimum Gasteiger partial charge on any atom is -0.493 e. The van der Waals surface area contributed by atoms with Crippen LogP contribution >= 0.6 is 22.9 Å². The molecule has 0 aliphatic carbocycles. The van der Waals surface area contributed by atoms with Gasteiger partial charge in [-0.2, -0.15) is 0 Å².